The number of rotatable bonds is 12. The zero-order valence-electron chi connectivity index (χ0n) is 22.0. The van der Waals surface area contributed by atoms with Crippen LogP contribution in [0.3, 0.4) is 0 Å². The van der Waals surface area contributed by atoms with E-state index in [2.05, 4.69) is 15.5 Å². The Hall–Kier alpha value is -4.44. The molecule has 4 rings (SSSR count). The number of hydrogen-bond acceptors (Lipinski definition) is 8. The molecule has 1 N–H and O–H groups in total. The summed E-state index contributed by atoms with van der Waals surface area (Å²) in [5.41, 5.74) is 2.38. The lowest BCUT2D eigenvalue weighted by molar-refractivity contribution is -0.116. The third-order valence-corrected chi connectivity index (χ3v) is 6.94. The Kier molecular flexibility index (Phi) is 9.47. The molecule has 3 aromatic carbocycles. The van der Waals surface area contributed by atoms with Gasteiger partial charge in [-0.1, -0.05) is 41.7 Å². The SMILES string of the molecule is COc1ccc(-c2nnc(NC(=O)CCN(CCc3ccccc3)C(=O)c3ccc(OC)cc3OC)s2)cc1. The molecule has 0 saturated carbocycles. The molecule has 0 bridgehead atoms. The fraction of sp³-hybridized carbons (Fsp3) is 0.241. The molecule has 2 amide bonds. The first kappa shape index (κ1) is 27.6. The van der Waals surface area contributed by atoms with Crippen molar-refractivity contribution in [3.63, 3.8) is 0 Å². The highest BCUT2D eigenvalue weighted by molar-refractivity contribution is 7.18. The van der Waals surface area contributed by atoms with Gasteiger partial charge in [0.15, 0.2) is 0 Å². The molecule has 39 heavy (non-hydrogen) atoms. The number of carbonyl (C=O) groups is 2. The Morgan fingerprint density at radius 1 is 0.846 bits per heavy atom. The first-order valence-electron chi connectivity index (χ1n) is 12.3. The summed E-state index contributed by atoms with van der Waals surface area (Å²) >= 11 is 1.28. The van der Waals surface area contributed by atoms with Crippen molar-refractivity contribution in [2.45, 2.75) is 12.8 Å². The molecule has 0 aliphatic heterocycles. The maximum absolute atomic E-state index is 13.6. The van der Waals surface area contributed by atoms with Gasteiger partial charge in [0.05, 0.1) is 26.9 Å². The smallest absolute Gasteiger partial charge is 0.257 e. The first-order valence-corrected chi connectivity index (χ1v) is 13.2. The van der Waals surface area contributed by atoms with E-state index in [1.54, 1.807) is 37.3 Å². The second-order valence-corrected chi connectivity index (χ2v) is 9.51. The first-order chi connectivity index (χ1) is 19.0. The number of methoxy groups -OCH3 is 3. The van der Waals surface area contributed by atoms with E-state index in [0.717, 1.165) is 16.9 Å². The van der Waals surface area contributed by atoms with E-state index < -0.39 is 0 Å². The number of nitrogens with one attached hydrogen (secondary N) is 1. The molecule has 0 radical (unpaired) electrons. The number of anilines is 1. The largest absolute Gasteiger partial charge is 0.497 e. The molecule has 0 aliphatic rings. The molecule has 9 nitrogen and oxygen atoms in total. The van der Waals surface area contributed by atoms with Crippen LogP contribution in [0.25, 0.3) is 10.6 Å². The van der Waals surface area contributed by atoms with Crippen LogP contribution in [0, 0.1) is 0 Å². The van der Waals surface area contributed by atoms with Crippen molar-refractivity contribution in [1.29, 1.82) is 0 Å². The summed E-state index contributed by atoms with van der Waals surface area (Å²) in [6, 6.07) is 22.4. The summed E-state index contributed by atoms with van der Waals surface area (Å²) in [4.78, 5) is 28.1. The Balaban J connectivity index is 1.43. The van der Waals surface area contributed by atoms with E-state index in [0.29, 0.717) is 40.2 Å². The standard InChI is InChI=1S/C29H30N4O5S/c1-36-22-11-9-21(10-12-22)27-31-32-29(39-27)30-26(34)16-18-33(17-15-20-7-5-4-6-8-20)28(35)24-14-13-23(37-2)19-25(24)38-3/h4-14,19H,15-18H2,1-3H3,(H,30,32,34). The van der Waals surface area contributed by atoms with Crippen LogP contribution in [0.15, 0.2) is 72.8 Å². The maximum Gasteiger partial charge on any atom is 0.257 e. The predicted molar refractivity (Wildman–Crippen MR) is 151 cm³/mol. The van der Waals surface area contributed by atoms with Crippen molar-refractivity contribution in [1.82, 2.24) is 15.1 Å². The van der Waals surface area contributed by atoms with E-state index in [9.17, 15) is 9.59 Å². The Morgan fingerprint density at radius 2 is 1.56 bits per heavy atom. The summed E-state index contributed by atoms with van der Waals surface area (Å²) < 4.78 is 15.9. The van der Waals surface area contributed by atoms with E-state index in [4.69, 9.17) is 14.2 Å². The topological polar surface area (TPSA) is 103 Å². The van der Waals surface area contributed by atoms with Crippen molar-refractivity contribution in [2.24, 2.45) is 0 Å². The Bertz CT molecular complexity index is 1390. The van der Waals surface area contributed by atoms with Crippen LogP contribution >= 0.6 is 11.3 Å². The Morgan fingerprint density at radius 3 is 2.26 bits per heavy atom. The molecule has 0 unspecified atom stereocenters. The third kappa shape index (κ3) is 7.32. The fourth-order valence-electron chi connectivity index (χ4n) is 3.91. The van der Waals surface area contributed by atoms with Crippen molar-refractivity contribution >= 4 is 28.3 Å². The highest BCUT2D eigenvalue weighted by Gasteiger charge is 2.21. The van der Waals surface area contributed by atoms with Gasteiger partial charge in [-0.15, -0.1) is 10.2 Å². The van der Waals surface area contributed by atoms with Crippen LogP contribution in [-0.4, -0.2) is 61.3 Å². The van der Waals surface area contributed by atoms with Gasteiger partial charge in [-0.05, 0) is 48.4 Å². The lowest BCUT2D eigenvalue weighted by Crippen LogP contribution is -2.35. The molecular formula is C29H30N4O5S. The van der Waals surface area contributed by atoms with Crippen LogP contribution in [-0.2, 0) is 11.2 Å². The van der Waals surface area contributed by atoms with Gasteiger partial charge in [-0.25, -0.2) is 0 Å². The monoisotopic (exact) mass is 546 g/mol. The van der Waals surface area contributed by atoms with Gasteiger partial charge in [-0.2, -0.15) is 0 Å². The van der Waals surface area contributed by atoms with Crippen LogP contribution in [0.2, 0.25) is 0 Å². The number of ether oxygens (including phenoxy) is 3. The number of carbonyl (C=O) groups excluding carboxylic acids is 2. The minimum absolute atomic E-state index is 0.0937. The summed E-state index contributed by atoms with van der Waals surface area (Å²) in [5.74, 6) is 1.26. The number of nitrogens with zero attached hydrogens (tertiary/aromatic N) is 3. The predicted octanol–water partition coefficient (Wildman–Crippen LogP) is 4.94. The minimum Gasteiger partial charge on any atom is -0.497 e. The van der Waals surface area contributed by atoms with Crippen molar-refractivity contribution in [3.05, 3.63) is 83.9 Å². The van der Waals surface area contributed by atoms with E-state index >= 15 is 0 Å². The molecule has 1 aromatic heterocycles. The van der Waals surface area contributed by atoms with E-state index in [1.807, 2.05) is 54.6 Å². The molecular weight excluding hydrogens is 516 g/mol. The van der Waals surface area contributed by atoms with Gasteiger partial charge < -0.3 is 24.4 Å². The maximum atomic E-state index is 13.6. The van der Waals surface area contributed by atoms with Crippen LogP contribution in [0.1, 0.15) is 22.3 Å². The summed E-state index contributed by atoms with van der Waals surface area (Å²) in [6.45, 7) is 0.655. The van der Waals surface area contributed by atoms with E-state index in [-0.39, 0.29) is 24.8 Å². The average Bonchev–Trinajstić information content (AvgIpc) is 3.45. The van der Waals surface area contributed by atoms with Gasteiger partial charge in [0.2, 0.25) is 11.0 Å². The number of hydrogen-bond donors (Lipinski definition) is 1. The quantitative estimate of drug-likeness (QED) is 0.268. The summed E-state index contributed by atoms with van der Waals surface area (Å²) in [7, 11) is 4.67. The number of aromatic nitrogens is 2. The molecule has 0 spiro atoms. The molecule has 202 valence electrons. The van der Waals surface area contributed by atoms with E-state index in [1.165, 1.54) is 18.4 Å². The van der Waals surface area contributed by atoms with Gasteiger partial charge in [0, 0.05) is 31.1 Å². The molecule has 1 heterocycles. The second kappa shape index (κ2) is 13.4. The molecule has 0 saturated heterocycles. The number of benzene rings is 3. The molecule has 0 atom stereocenters. The van der Waals surface area contributed by atoms with Gasteiger partial charge in [0.1, 0.15) is 22.3 Å². The molecule has 4 aromatic rings. The van der Waals surface area contributed by atoms with Gasteiger partial charge >= 0.3 is 0 Å². The summed E-state index contributed by atoms with van der Waals surface area (Å²) in [6.07, 6.45) is 0.741. The van der Waals surface area contributed by atoms with Crippen LogP contribution in [0.4, 0.5) is 5.13 Å². The fourth-order valence-corrected chi connectivity index (χ4v) is 4.68. The van der Waals surface area contributed by atoms with Crippen LogP contribution < -0.4 is 19.5 Å². The normalized spacial score (nSPS) is 10.5. The zero-order valence-corrected chi connectivity index (χ0v) is 22.9. The lowest BCUT2D eigenvalue weighted by Gasteiger charge is -2.24. The number of amides is 2. The Labute approximate surface area is 231 Å². The average molecular weight is 547 g/mol. The second-order valence-electron chi connectivity index (χ2n) is 8.53. The zero-order chi connectivity index (χ0) is 27.6. The minimum atomic E-state index is -0.258. The summed E-state index contributed by atoms with van der Waals surface area (Å²) in [5, 5.41) is 12.2. The molecule has 0 fully saturated rings. The highest BCUT2D eigenvalue weighted by atomic mass is 32.1. The highest BCUT2D eigenvalue weighted by Crippen LogP contribution is 2.28. The lowest BCUT2D eigenvalue weighted by atomic mass is 10.1. The van der Waals surface area contributed by atoms with Crippen molar-refractivity contribution in [2.75, 3.05) is 39.7 Å². The molecule has 10 heteroatoms. The third-order valence-electron chi connectivity index (χ3n) is 6.06. The van der Waals surface area contributed by atoms with Gasteiger partial charge in [0.25, 0.3) is 5.91 Å². The van der Waals surface area contributed by atoms with Crippen molar-refractivity contribution in [3.8, 4) is 27.8 Å². The molecule has 0 aliphatic carbocycles. The van der Waals surface area contributed by atoms with Crippen molar-refractivity contribution < 1.29 is 23.8 Å². The van der Waals surface area contributed by atoms with Gasteiger partial charge in [-0.3, -0.25) is 9.59 Å². The van der Waals surface area contributed by atoms with Crippen LogP contribution in [0.5, 0.6) is 17.2 Å².